The van der Waals surface area contributed by atoms with Crippen LogP contribution in [0.25, 0.3) is 0 Å². The zero-order valence-corrected chi connectivity index (χ0v) is 10.6. The fraction of sp³-hybridized carbons (Fsp3) is 0.909. The van der Waals surface area contributed by atoms with Crippen LogP contribution in [0.4, 0.5) is 0 Å². The Morgan fingerprint density at radius 2 is 2.20 bits per heavy atom. The Kier molecular flexibility index (Phi) is 4.46. The molecule has 1 aliphatic rings. The molecule has 0 aromatic heterocycles. The van der Waals surface area contributed by atoms with Crippen molar-refractivity contribution in [3.05, 3.63) is 0 Å². The molecule has 88 valence electrons. The van der Waals surface area contributed by atoms with Crippen molar-refractivity contribution >= 4 is 17.7 Å². The molecule has 3 nitrogen and oxygen atoms in total. The van der Waals surface area contributed by atoms with Crippen LogP contribution in [0.3, 0.4) is 0 Å². The lowest BCUT2D eigenvalue weighted by molar-refractivity contribution is -0.149. The predicted molar refractivity (Wildman–Crippen MR) is 63.9 cm³/mol. The quantitative estimate of drug-likeness (QED) is 0.708. The van der Waals surface area contributed by atoms with Crippen LogP contribution < -0.4 is 5.73 Å². The highest BCUT2D eigenvalue weighted by Crippen LogP contribution is 2.41. The van der Waals surface area contributed by atoms with Gasteiger partial charge in [0, 0.05) is 5.75 Å². The summed E-state index contributed by atoms with van der Waals surface area (Å²) in [5, 5.41) is 0.501. The molecule has 1 rings (SSSR count). The van der Waals surface area contributed by atoms with Crippen molar-refractivity contribution in [3.8, 4) is 0 Å². The van der Waals surface area contributed by atoms with E-state index < -0.39 is 5.54 Å². The normalized spacial score (nSPS) is 20.1. The van der Waals surface area contributed by atoms with E-state index in [4.69, 9.17) is 10.5 Å². The van der Waals surface area contributed by atoms with E-state index in [-0.39, 0.29) is 5.97 Å². The van der Waals surface area contributed by atoms with Gasteiger partial charge in [-0.3, -0.25) is 4.79 Å². The SMILES string of the molecule is CCOC(=O)C(N)(CSC(C)C)C1CC1. The lowest BCUT2D eigenvalue weighted by Gasteiger charge is -2.27. The number of nitrogens with two attached hydrogens (primary N) is 1. The molecule has 0 saturated heterocycles. The summed E-state index contributed by atoms with van der Waals surface area (Å²) >= 11 is 1.73. The van der Waals surface area contributed by atoms with Crippen molar-refractivity contribution < 1.29 is 9.53 Å². The zero-order chi connectivity index (χ0) is 11.5. The van der Waals surface area contributed by atoms with Gasteiger partial charge in [-0.2, -0.15) is 11.8 Å². The molecule has 0 aliphatic heterocycles. The summed E-state index contributed by atoms with van der Waals surface area (Å²) in [5.41, 5.74) is 5.44. The van der Waals surface area contributed by atoms with Gasteiger partial charge in [0.15, 0.2) is 0 Å². The molecule has 1 saturated carbocycles. The fourth-order valence-electron chi connectivity index (χ4n) is 1.51. The maximum Gasteiger partial charge on any atom is 0.327 e. The van der Waals surface area contributed by atoms with Crippen molar-refractivity contribution in [2.24, 2.45) is 11.7 Å². The monoisotopic (exact) mass is 231 g/mol. The molecule has 1 fully saturated rings. The minimum absolute atomic E-state index is 0.222. The first kappa shape index (κ1) is 12.8. The summed E-state index contributed by atoms with van der Waals surface area (Å²) < 4.78 is 5.06. The maximum atomic E-state index is 11.8. The number of esters is 1. The molecular weight excluding hydrogens is 210 g/mol. The highest BCUT2D eigenvalue weighted by molar-refractivity contribution is 7.99. The molecule has 4 heteroatoms. The van der Waals surface area contributed by atoms with Crippen LogP contribution in [0.15, 0.2) is 0 Å². The van der Waals surface area contributed by atoms with Crippen molar-refractivity contribution in [1.82, 2.24) is 0 Å². The Hall–Kier alpha value is -0.220. The largest absolute Gasteiger partial charge is 0.465 e. The van der Waals surface area contributed by atoms with E-state index in [9.17, 15) is 4.79 Å². The number of carbonyl (C=O) groups excluding carboxylic acids is 1. The van der Waals surface area contributed by atoms with Crippen LogP contribution in [0.1, 0.15) is 33.6 Å². The molecule has 1 atom stereocenters. The average molecular weight is 231 g/mol. The maximum absolute atomic E-state index is 11.8. The molecule has 0 aromatic rings. The summed E-state index contributed by atoms with van der Waals surface area (Å²) in [6, 6.07) is 0. The van der Waals surface area contributed by atoms with Gasteiger partial charge in [0.1, 0.15) is 5.54 Å². The molecule has 1 aliphatic carbocycles. The standard InChI is InChI=1S/C11H21NO2S/c1-4-14-10(13)11(12,9-5-6-9)7-15-8(2)3/h8-9H,4-7,12H2,1-3H3. The number of rotatable bonds is 6. The minimum Gasteiger partial charge on any atom is -0.465 e. The summed E-state index contributed by atoms with van der Waals surface area (Å²) in [6.07, 6.45) is 2.13. The number of ether oxygens (including phenoxy) is 1. The Labute approximate surface area is 96.1 Å². The number of hydrogen-bond acceptors (Lipinski definition) is 4. The Morgan fingerprint density at radius 3 is 2.60 bits per heavy atom. The molecule has 0 radical (unpaired) electrons. The van der Waals surface area contributed by atoms with E-state index in [1.807, 2.05) is 6.92 Å². The molecular formula is C11H21NO2S. The number of carbonyl (C=O) groups is 1. The van der Waals surface area contributed by atoms with Gasteiger partial charge >= 0.3 is 5.97 Å². The van der Waals surface area contributed by atoms with E-state index in [1.165, 1.54) is 0 Å². The number of hydrogen-bond donors (Lipinski definition) is 1. The number of thioether (sulfide) groups is 1. The van der Waals surface area contributed by atoms with Crippen LogP contribution in [-0.2, 0) is 9.53 Å². The molecule has 2 N–H and O–H groups in total. The van der Waals surface area contributed by atoms with E-state index >= 15 is 0 Å². The summed E-state index contributed by atoms with van der Waals surface area (Å²) in [7, 11) is 0. The average Bonchev–Trinajstić information content (AvgIpc) is 2.97. The molecule has 0 spiro atoms. The van der Waals surface area contributed by atoms with Gasteiger partial charge in [-0.25, -0.2) is 0 Å². The third-order valence-corrected chi connectivity index (χ3v) is 3.93. The Bertz CT molecular complexity index is 229. The first-order valence-corrected chi connectivity index (χ1v) is 6.63. The molecule has 0 aromatic carbocycles. The smallest absolute Gasteiger partial charge is 0.327 e. The highest BCUT2D eigenvalue weighted by Gasteiger charge is 2.49. The van der Waals surface area contributed by atoms with Crippen LogP contribution in [-0.4, -0.2) is 29.1 Å². The Morgan fingerprint density at radius 1 is 1.60 bits per heavy atom. The van der Waals surface area contributed by atoms with Gasteiger partial charge in [0.25, 0.3) is 0 Å². The summed E-state index contributed by atoms with van der Waals surface area (Å²) in [5.74, 6) is 0.789. The summed E-state index contributed by atoms with van der Waals surface area (Å²) in [4.78, 5) is 11.8. The van der Waals surface area contributed by atoms with Crippen molar-refractivity contribution in [2.45, 2.75) is 44.4 Å². The van der Waals surface area contributed by atoms with Gasteiger partial charge in [-0.15, -0.1) is 0 Å². The van der Waals surface area contributed by atoms with Gasteiger partial charge in [0.05, 0.1) is 6.61 Å². The van der Waals surface area contributed by atoms with Gasteiger partial charge in [-0.05, 0) is 30.9 Å². The first-order chi connectivity index (χ1) is 7.00. The van der Waals surface area contributed by atoms with E-state index in [1.54, 1.807) is 11.8 Å². The topological polar surface area (TPSA) is 52.3 Å². The van der Waals surface area contributed by atoms with Crippen LogP contribution in [0, 0.1) is 5.92 Å². The zero-order valence-electron chi connectivity index (χ0n) is 9.79. The van der Waals surface area contributed by atoms with Gasteiger partial charge in [-0.1, -0.05) is 13.8 Å². The molecule has 0 bridgehead atoms. The van der Waals surface area contributed by atoms with Crippen molar-refractivity contribution in [3.63, 3.8) is 0 Å². The molecule has 0 heterocycles. The fourth-order valence-corrected chi connectivity index (χ4v) is 2.47. The van der Waals surface area contributed by atoms with Crippen LogP contribution in [0.5, 0.6) is 0 Å². The van der Waals surface area contributed by atoms with Crippen LogP contribution >= 0.6 is 11.8 Å². The van der Waals surface area contributed by atoms with Gasteiger partial charge in [0.2, 0.25) is 0 Å². The lowest BCUT2D eigenvalue weighted by Crippen LogP contribution is -2.53. The highest BCUT2D eigenvalue weighted by atomic mass is 32.2. The second kappa shape index (κ2) is 5.21. The van der Waals surface area contributed by atoms with E-state index in [2.05, 4.69) is 13.8 Å². The van der Waals surface area contributed by atoms with Crippen LogP contribution in [0.2, 0.25) is 0 Å². The van der Waals surface area contributed by atoms with Gasteiger partial charge < -0.3 is 10.5 Å². The third-order valence-electron chi connectivity index (χ3n) is 2.62. The predicted octanol–water partition coefficient (Wildman–Crippen LogP) is 1.80. The third kappa shape index (κ3) is 3.38. The van der Waals surface area contributed by atoms with E-state index in [0.717, 1.165) is 12.8 Å². The second-order valence-corrected chi connectivity index (χ2v) is 5.96. The van der Waals surface area contributed by atoms with E-state index in [0.29, 0.717) is 23.5 Å². The molecule has 1 unspecified atom stereocenters. The summed E-state index contributed by atoms with van der Waals surface area (Å²) in [6.45, 7) is 6.46. The Balaban J connectivity index is 2.56. The first-order valence-electron chi connectivity index (χ1n) is 5.58. The lowest BCUT2D eigenvalue weighted by atomic mass is 9.97. The minimum atomic E-state index is -0.745. The van der Waals surface area contributed by atoms with Crippen molar-refractivity contribution in [1.29, 1.82) is 0 Å². The van der Waals surface area contributed by atoms with Crippen molar-refractivity contribution in [2.75, 3.05) is 12.4 Å². The molecule has 0 amide bonds. The second-order valence-electron chi connectivity index (χ2n) is 4.39. The molecule has 15 heavy (non-hydrogen) atoms.